The number of hydrogen-bond acceptors (Lipinski definition) is 1. The van der Waals surface area contributed by atoms with Crippen molar-refractivity contribution in [1.29, 1.82) is 0 Å². The highest BCUT2D eigenvalue weighted by Gasteiger charge is 2.06. The molecule has 0 rings (SSSR count). The van der Waals surface area contributed by atoms with Crippen LogP contribution in [-0.4, -0.2) is 5.78 Å². The summed E-state index contributed by atoms with van der Waals surface area (Å²) in [7, 11) is 0. The summed E-state index contributed by atoms with van der Waals surface area (Å²) in [4.78, 5) is 11.4. The largest absolute Gasteiger partial charge is 0.290 e. The van der Waals surface area contributed by atoms with Gasteiger partial charge >= 0.3 is 0 Å². The minimum absolute atomic E-state index is 0.0647. The van der Waals surface area contributed by atoms with Crippen molar-refractivity contribution in [3.05, 3.63) is 24.3 Å². The fourth-order valence-corrected chi connectivity index (χ4v) is 0.720. The minimum atomic E-state index is 0.0647. The van der Waals surface area contributed by atoms with Crippen LogP contribution in [0, 0.1) is 10.8 Å². The Bertz CT molecular complexity index is 217. The molecule has 0 aliphatic carbocycles. The van der Waals surface area contributed by atoms with E-state index in [2.05, 4.69) is 41.5 Å². The monoisotopic (exact) mass is 194 g/mol. The predicted octanol–water partition coefficient (Wildman–Crippen LogP) is 3.76. The van der Waals surface area contributed by atoms with Gasteiger partial charge in [-0.2, -0.15) is 0 Å². The van der Waals surface area contributed by atoms with Crippen LogP contribution in [0.15, 0.2) is 24.3 Å². The van der Waals surface area contributed by atoms with Crippen LogP contribution in [0.25, 0.3) is 0 Å². The molecule has 0 heterocycles. The first-order chi connectivity index (χ1) is 6.10. The molecular weight excluding hydrogens is 172 g/mol. The molecule has 0 amide bonds. The maximum Gasteiger partial charge on any atom is 0.178 e. The molecule has 0 saturated heterocycles. The second-order valence-electron chi connectivity index (χ2n) is 5.80. The lowest BCUT2D eigenvalue weighted by Crippen LogP contribution is -2.02. The highest BCUT2D eigenvalue weighted by Crippen LogP contribution is 2.16. The molecule has 1 heteroatoms. The molecule has 0 saturated carbocycles. The van der Waals surface area contributed by atoms with E-state index < -0.39 is 0 Å². The second kappa shape index (κ2) is 4.59. The first kappa shape index (κ1) is 13.2. The molecule has 0 bridgehead atoms. The van der Waals surface area contributed by atoms with Gasteiger partial charge in [0.05, 0.1) is 0 Å². The molecule has 0 aromatic heterocycles. The molecule has 0 fully saturated rings. The maximum absolute atomic E-state index is 11.4. The lowest BCUT2D eigenvalue weighted by Gasteiger charge is -2.11. The van der Waals surface area contributed by atoms with Crippen LogP contribution in [0.3, 0.4) is 0 Å². The fraction of sp³-hybridized carbons (Fsp3) is 0.615. The number of allylic oxidation sites excluding steroid dienone is 4. The van der Waals surface area contributed by atoms with E-state index in [0.717, 1.165) is 0 Å². The Morgan fingerprint density at radius 2 is 1.07 bits per heavy atom. The molecule has 0 aromatic carbocycles. The van der Waals surface area contributed by atoms with Gasteiger partial charge < -0.3 is 0 Å². The van der Waals surface area contributed by atoms with Crippen molar-refractivity contribution in [2.45, 2.75) is 41.5 Å². The van der Waals surface area contributed by atoms with E-state index in [1.165, 1.54) is 0 Å². The van der Waals surface area contributed by atoms with Crippen LogP contribution in [0.4, 0.5) is 0 Å². The number of hydrogen-bond donors (Lipinski definition) is 0. The Morgan fingerprint density at radius 3 is 1.29 bits per heavy atom. The number of rotatable bonds is 2. The Hall–Kier alpha value is -0.850. The quantitative estimate of drug-likeness (QED) is 0.612. The third kappa shape index (κ3) is 9.24. The molecule has 0 spiro atoms. The van der Waals surface area contributed by atoms with Crippen molar-refractivity contribution in [2.24, 2.45) is 10.8 Å². The smallest absolute Gasteiger partial charge is 0.178 e. The fourth-order valence-electron chi connectivity index (χ4n) is 0.720. The van der Waals surface area contributed by atoms with Crippen LogP contribution >= 0.6 is 0 Å². The lowest BCUT2D eigenvalue weighted by atomic mass is 9.94. The van der Waals surface area contributed by atoms with E-state index in [-0.39, 0.29) is 16.6 Å². The van der Waals surface area contributed by atoms with Crippen LogP contribution in [0.5, 0.6) is 0 Å². The first-order valence-corrected chi connectivity index (χ1v) is 5.03. The summed E-state index contributed by atoms with van der Waals surface area (Å²) in [5, 5.41) is 0. The average molecular weight is 194 g/mol. The SMILES string of the molecule is CC(C)(C)/C=C/C(=O)/C=C/C(C)(C)C. The molecule has 0 aromatic rings. The van der Waals surface area contributed by atoms with Gasteiger partial charge in [0, 0.05) is 0 Å². The van der Waals surface area contributed by atoms with Gasteiger partial charge in [-0.25, -0.2) is 0 Å². The van der Waals surface area contributed by atoms with Crippen LogP contribution in [0.2, 0.25) is 0 Å². The van der Waals surface area contributed by atoms with Crippen molar-refractivity contribution in [3.63, 3.8) is 0 Å². The molecular formula is C13H22O. The Labute approximate surface area is 87.9 Å². The molecule has 80 valence electrons. The first-order valence-electron chi connectivity index (χ1n) is 5.03. The van der Waals surface area contributed by atoms with Crippen molar-refractivity contribution in [1.82, 2.24) is 0 Å². The molecule has 0 unspecified atom stereocenters. The van der Waals surface area contributed by atoms with Gasteiger partial charge in [-0.05, 0) is 23.0 Å². The minimum Gasteiger partial charge on any atom is -0.290 e. The molecule has 0 aliphatic rings. The van der Waals surface area contributed by atoms with Gasteiger partial charge in [0.25, 0.3) is 0 Å². The molecule has 0 radical (unpaired) electrons. The van der Waals surface area contributed by atoms with E-state index >= 15 is 0 Å². The Kier molecular flexibility index (Phi) is 4.31. The number of ketones is 1. The Morgan fingerprint density at radius 1 is 0.786 bits per heavy atom. The van der Waals surface area contributed by atoms with Crippen LogP contribution in [0.1, 0.15) is 41.5 Å². The van der Waals surface area contributed by atoms with Gasteiger partial charge in [0.15, 0.2) is 5.78 Å². The summed E-state index contributed by atoms with van der Waals surface area (Å²) in [5.41, 5.74) is 0.149. The zero-order valence-corrected chi connectivity index (χ0v) is 10.2. The maximum atomic E-state index is 11.4. The Balaban J connectivity index is 4.27. The van der Waals surface area contributed by atoms with E-state index in [9.17, 15) is 4.79 Å². The summed E-state index contributed by atoms with van der Waals surface area (Å²) in [6.45, 7) is 12.4. The van der Waals surface area contributed by atoms with Gasteiger partial charge in [-0.15, -0.1) is 0 Å². The standard InChI is InChI=1S/C13H22O/c1-12(2,3)9-7-11(14)8-10-13(4,5)6/h7-10H,1-6H3/b9-7+,10-8+. The summed E-state index contributed by atoms with van der Waals surface area (Å²) in [5.74, 6) is 0.0647. The zero-order valence-electron chi connectivity index (χ0n) is 10.2. The topological polar surface area (TPSA) is 17.1 Å². The summed E-state index contributed by atoms with van der Waals surface area (Å²) >= 11 is 0. The zero-order chi connectivity index (χ0) is 11.4. The van der Waals surface area contributed by atoms with Crippen molar-refractivity contribution >= 4 is 5.78 Å². The van der Waals surface area contributed by atoms with Gasteiger partial charge in [0.2, 0.25) is 0 Å². The van der Waals surface area contributed by atoms with Crippen LogP contribution in [-0.2, 0) is 4.79 Å². The third-order valence-electron chi connectivity index (χ3n) is 1.50. The van der Waals surface area contributed by atoms with E-state index in [1.54, 1.807) is 12.2 Å². The van der Waals surface area contributed by atoms with E-state index in [0.29, 0.717) is 0 Å². The predicted molar refractivity (Wildman–Crippen MR) is 62.2 cm³/mol. The lowest BCUT2D eigenvalue weighted by molar-refractivity contribution is -0.110. The van der Waals surface area contributed by atoms with E-state index in [4.69, 9.17) is 0 Å². The highest BCUT2D eigenvalue weighted by molar-refractivity contribution is 5.99. The third-order valence-corrected chi connectivity index (χ3v) is 1.50. The summed E-state index contributed by atoms with van der Waals surface area (Å²) in [6.07, 6.45) is 7.15. The molecule has 1 nitrogen and oxygen atoms in total. The van der Waals surface area contributed by atoms with Crippen molar-refractivity contribution < 1.29 is 4.79 Å². The molecule has 0 N–H and O–H groups in total. The van der Waals surface area contributed by atoms with Gasteiger partial charge in [0.1, 0.15) is 0 Å². The second-order valence-corrected chi connectivity index (χ2v) is 5.80. The average Bonchev–Trinajstić information content (AvgIpc) is 1.94. The summed E-state index contributed by atoms with van der Waals surface area (Å²) < 4.78 is 0. The van der Waals surface area contributed by atoms with Crippen LogP contribution < -0.4 is 0 Å². The number of carbonyl (C=O) groups excluding carboxylic acids is 1. The molecule has 0 aliphatic heterocycles. The van der Waals surface area contributed by atoms with Gasteiger partial charge in [-0.1, -0.05) is 53.7 Å². The molecule has 0 atom stereocenters. The van der Waals surface area contributed by atoms with Crippen molar-refractivity contribution in [2.75, 3.05) is 0 Å². The summed E-state index contributed by atoms with van der Waals surface area (Å²) in [6, 6.07) is 0. The van der Waals surface area contributed by atoms with Crippen molar-refractivity contribution in [3.8, 4) is 0 Å². The van der Waals surface area contributed by atoms with E-state index in [1.807, 2.05) is 12.2 Å². The van der Waals surface area contributed by atoms with Gasteiger partial charge in [-0.3, -0.25) is 4.79 Å². The highest BCUT2D eigenvalue weighted by atomic mass is 16.1. The normalized spacial score (nSPS) is 14.1. The number of carbonyl (C=O) groups is 1. The molecule has 14 heavy (non-hydrogen) atoms.